The van der Waals surface area contributed by atoms with Crippen LogP contribution in [0.2, 0.25) is 0 Å². The van der Waals surface area contributed by atoms with Crippen LogP contribution in [0.5, 0.6) is 0 Å². The van der Waals surface area contributed by atoms with Gasteiger partial charge in [0.1, 0.15) is 11.2 Å². The van der Waals surface area contributed by atoms with Crippen molar-refractivity contribution in [1.82, 2.24) is 19.9 Å². The summed E-state index contributed by atoms with van der Waals surface area (Å²) in [7, 11) is 0. The van der Waals surface area contributed by atoms with Gasteiger partial charge in [0.2, 0.25) is 0 Å². The van der Waals surface area contributed by atoms with Crippen LogP contribution in [-0.2, 0) is 6.61 Å². The van der Waals surface area contributed by atoms with E-state index in [9.17, 15) is 9.90 Å². The van der Waals surface area contributed by atoms with Gasteiger partial charge in [-0.3, -0.25) is 9.78 Å². The zero-order chi connectivity index (χ0) is 14.7. The van der Waals surface area contributed by atoms with E-state index in [1.807, 2.05) is 4.90 Å². The molecule has 1 aliphatic heterocycles. The Morgan fingerprint density at radius 2 is 2.33 bits per heavy atom. The Balaban J connectivity index is 1.89. The molecule has 3 rings (SSSR count). The smallest absolute Gasteiger partial charge is 0.266 e. The normalized spacial score (nSPS) is 18.7. The van der Waals surface area contributed by atoms with Crippen LogP contribution in [0.25, 0.3) is 0 Å². The summed E-state index contributed by atoms with van der Waals surface area (Å²) in [4.78, 5) is 27.4. The summed E-state index contributed by atoms with van der Waals surface area (Å²) in [5.74, 6) is 0.00589. The molecule has 7 heteroatoms. The Morgan fingerprint density at radius 1 is 1.43 bits per heavy atom. The first-order valence-corrected chi connectivity index (χ1v) is 7.78. The molecule has 1 atom stereocenters. The fourth-order valence-corrected chi connectivity index (χ4v) is 3.20. The average Bonchev–Trinajstić information content (AvgIpc) is 3.09. The lowest BCUT2D eigenvalue weighted by molar-refractivity contribution is 0.0610. The molecular formula is C14H16N4O2S. The van der Waals surface area contributed by atoms with Gasteiger partial charge in [0.15, 0.2) is 0 Å². The van der Waals surface area contributed by atoms with E-state index in [0.29, 0.717) is 10.6 Å². The van der Waals surface area contributed by atoms with Gasteiger partial charge in [-0.15, -0.1) is 11.3 Å². The molecule has 1 fully saturated rings. The number of piperidine rings is 1. The van der Waals surface area contributed by atoms with Gasteiger partial charge >= 0.3 is 0 Å². The Kier molecular flexibility index (Phi) is 4.21. The molecule has 6 nitrogen and oxygen atoms in total. The molecule has 0 spiro atoms. The third-order valence-corrected chi connectivity index (χ3v) is 4.42. The van der Waals surface area contributed by atoms with Crippen LogP contribution in [0.4, 0.5) is 0 Å². The van der Waals surface area contributed by atoms with Crippen molar-refractivity contribution in [2.24, 2.45) is 0 Å². The van der Waals surface area contributed by atoms with Crippen molar-refractivity contribution >= 4 is 17.2 Å². The quantitative estimate of drug-likeness (QED) is 0.935. The number of aromatic nitrogens is 3. The van der Waals surface area contributed by atoms with Crippen LogP contribution in [0.15, 0.2) is 24.1 Å². The largest absolute Gasteiger partial charge is 0.390 e. The molecule has 21 heavy (non-hydrogen) atoms. The summed E-state index contributed by atoms with van der Waals surface area (Å²) in [6.45, 7) is 0.602. The van der Waals surface area contributed by atoms with E-state index >= 15 is 0 Å². The molecule has 3 heterocycles. The fraction of sp³-hybridized carbons (Fsp3) is 0.429. The molecule has 1 amide bonds. The molecule has 2 aromatic heterocycles. The summed E-state index contributed by atoms with van der Waals surface area (Å²) in [5.41, 5.74) is 3.04. The number of hydrogen-bond acceptors (Lipinski definition) is 6. The first-order chi connectivity index (χ1) is 10.3. The van der Waals surface area contributed by atoms with Crippen molar-refractivity contribution in [3.8, 4) is 0 Å². The van der Waals surface area contributed by atoms with Crippen molar-refractivity contribution < 1.29 is 9.90 Å². The molecular weight excluding hydrogens is 288 g/mol. The zero-order valence-corrected chi connectivity index (χ0v) is 12.3. The van der Waals surface area contributed by atoms with E-state index in [1.165, 1.54) is 17.7 Å². The van der Waals surface area contributed by atoms with Crippen LogP contribution in [0, 0.1) is 0 Å². The van der Waals surface area contributed by atoms with Crippen molar-refractivity contribution in [1.29, 1.82) is 0 Å². The highest BCUT2D eigenvalue weighted by Gasteiger charge is 2.30. The Morgan fingerprint density at radius 3 is 3.10 bits per heavy atom. The van der Waals surface area contributed by atoms with Crippen molar-refractivity contribution in [3.05, 3.63) is 40.4 Å². The number of hydrogen-bond donors (Lipinski definition) is 1. The lowest BCUT2D eigenvalue weighted by atomic mass is 9.98. The van der Waals surface area contributed by atoms with E-state index in [-0.39, 0.29) is 18.6 Å². The molecule has 0 bridgehead atoms. The molecule has 0 aliphatic carbocycles. The van der Waals surface area contributed by atoms with Crippen LogP contribution >= 0.6 is 11.3 Å². The SMILES string of the molecule is O=C(c1cncs1)N1CCCCC1c1cc(CO)ncn1. The number of aliphatic hydroxyl groups is 1. The van der Waals surface area contributed by atoms with Crippen LogP contribution in [-0.4, -0.2) is 37.4 Å². The number of carbonyl (C=O) groups excluding carboxylic acids is 1. The number of carbonyl (C=O) groups is 1. The third kappa shape index (κ3) is 2.93. The van der Waals surface area contributed by atoms with Crippen molar-refractivity contribution in [2.45, 2.75) is 31.9 Å². The van der Waals surface area contributed by atoms with Crippen LogP contribution in [0.1, 0.15) is 46.4 Å². The summed E-state index contributed by atoms with van der Waals surface area (Å²) in [5, 5.41) is 9.21. The van der Waals surface area contributed by atoms with Gasteiger partial charge in [0, 0.05) is 6.54 Å². The van der Waals surface area contributed by atoms with E-state index in [4.69, 9.17) is 0 Å². The minimum atomic E-state index is -0.120. The highest BCUT2D eigenvalue weighted by molar-refractivity contribution is 7.11. The Hall–Kier alpha value is -1.86. The summed E-state index contributed by atoms with van der Waals surface area (Å²) in [6, 6.07) is 1.73. The molecule has 1 saturated heterocycles. The third-order valence-electron chi connectivity index (χ3n) is 3.66. The number of nitrogens with zero attached hydrogens (tertiary/aromatic N) is 4. The van der Waals surface area contributed by atoms with Gasteiger partial charge in [0.05, 0.1) is 35.7 Å². The number of aliphatic hydroxyl groups excluding tert-OH is 1. The first-order valence-electron chi connectivity index (χ1n) is 6.90. The Bertz CT molecular complexity index is 617. The number of likely N-dealkylation sites (tertiary alicyclic amines) is 1. The molecule has 0 aromatic carbocycles. The lowest BCUT2D eigenvalue weighted by Crippen LogP contribution is -2.38. The Labute approximate surface area is 126 Å². The maximum Gasteiger partial charge on any atom is 0.266 e. The molecule has 1 N–H and O–H groups in total. The lowest BCUT2D eigenvalue weighted by Gasteiger charge is -2.35. The second-order valence-electron chi connectivity index (χ2n) is 4.97. The molecule has 110 valence electrons. The molecule has 2 aromatic rings. The number of thiazole rings is 1. The topological polar surface area (TPSA) is 79.2 Å². The standard InChI is InChI=1S/C14H16N4O2S/c19-7-10-5-11(17-8-16-10)12-3-1-2-4-18(12)14(20)13-6-15-9-21-13/h5-6,8-9,12,19H,1-4,7H2. The molecule has 0 saturated carbocycles. The fourth-order valence-electron chi connectivity index (χ4n) is 2.63. The average molecular weight is 304 g/mol. The van der Waals surface area contributed by atoms with Crippen LogP contribution in [0.3, 0.4) is 0 Å². The zero-order valence-electron chi connectivity index (χ0n) is 11.5. The van der Waals surface area contributed by atoms with E-state index in [2.05, 4.69) is 15.0 Å². The van der Waals surface area contributed by atoms with Gasteiger partial charge in [-0.2, -0.15) is 0 Å². The summed E-state index contributed by atoms with van der Waals surface area (Å²) >= 11 is 1.35. The van der Waals surface area contributed by atoms with Crippen molar-refractivity contribution in [3.63, 3.8) is 0 Å². The summed E-state index contributed by atoms with van der Waals surface area (Å²) < 4.78 is 0. The molecule has 0 radical (unpaired) electrons. The molecule has 1 aliphatic rings. The minimum Gasteiger partial charge on any atom is -0.390 e. The predicted octanol–water partition coefficient (Wildman–Crippen LogP) is 1.79. The minimum absolute atomic E-state index is 0.00589. The number of amides is 1. The number of rotatable bonds is 3. The maximum absolute atomic E-state index is 12.6. The van der Waals surface area contributed by atoms with E-state index in [0.717, 1.165) is 31.5 Å². The predicted molar refractivity (Wildman–Crippen MR) is 77.7 cm³/mol. The summed E-state index contributed by atoms with van der Waals surface area (Å²) in [6.07, 6.45) is 6.00. The van der Waals surface area contributed by atoms with E-state index in [1.54, 1.807) is 17.8 Å². The monoisotopic (exact) mass is 304 g/mol. The first kappa shape index (κ1) is 14.1. The second kappa shape index (κ2) is 6.28. The van der Waals surface area contributed by atoms with E-state index < -0.39 is 0 Å². The van der Waals surface area contributed by atoms with Crippen molar-refractivity contribution in [2.75, 3.05) is 6.54 Å². The second-order valence-corrected chi connectivity index (χ2v) is 5.85. The van der Waals surface area contributed by atoms with Gasteiger partial charge in [0.25, 0.3) is 5.91 Å². The highest BCUT2D eigenvalue weighted by Crippen LogP contribution is 2.31. The highest BCUT2D eigenvalue weighted by atomic mass is 32.1. The van der Waals surface area contributed by atoms with Gasteiger partial charge in [-0.25, -0.2) is 9.97 Å². The maximum atomic E-state index is 12.6. The molecule has 1 unspecified atom stereocenters. The van der Waals surface area contributed by atoms with Gasteiger partial charge in [-0.1, -0.05) is 0 Å². The van der Waals surface area contributed by atoms with Crippen LogP contribution < -0.4 is 0 Å². The van der Waals surface area contributed by atoms with Gasteiger partial charge < -0.3 is 10.0 Å². The van der Waals surface area contributed by atoms with Gasteiger partial charge in [-0.05, 0) is 25.3 Å².